The lowest BCUT2D eigenvalue weighted by Gasteiger charge is -2.38. The van der Waals surface area contributed by atoms with Crippen molar-refractivity contribution in [1.29, 1.82) is 0 Å². The molecule has 17 heavy (non-hydrogen) atoms. The van der Waals surface area contributed by atoms with E-state index in [1.54, 1.807) is 19.1 Å². The van der Waals surface area contributed by atoms with Gasteiger partial charge in [-0.2, -0.15) is 0 Å². The maximum absolute atomic E-state index is 13.7. The van der Waals surface area contributed by atoms with Crippen LogP contribution in [0.15, 0.2) is 18.2 Å². The smallest absolute Gasteiger partial charge is 0.254 e. The number of carbonyl (C=O) groups excluding carboxylic acids is 1. The summed E-state index contributed by atoms with van der Waals surface area (Å²) in [6.07, 6.45) is 3.51. The molecular formula is C14H18FNO. The highest BCUT2D eigenvalue weighted by atomic mass is 19.1. The molecule has 0 spiro atoms. The molecule has 1 amide bonds. The van der Waals surface area contributed by atoms with E-state index in [-0.39, 0.29) is 16.9 Å². The van der Waals surface area contributed by atoms with E-state index in [4.69, 9.17) is 0 Å². The van der Waals surface area contributed by atoms with E-state index >= 15 is 0 Å². The highest BCUT2D eigenvalue weighted by Crippen LogP contribution is 2.39. The van der Waals surface area contributed by atoms with Crippen molar-refractivity contribution in [1.82, 2.24) is 5.32 Å². The molecule has 2 nitrogen and oxygen atoms in total. The zero-order valence-corrected chi connectivity index (χ0v) is 10.3. The van der Waals surface area contributed by atoms with Crippen molar-refractivity contribution in [2.75, 3.05) is 6.54 Å². The number of carbonyl (C=O) groups is 1. The Morgan fingerprint density at radius 1 is 1.47 bits per heavy atom. The summed E-state index contributed by atoms with van der Waals surface area (Å²) >= 11 is 0. The van der Waals surface area contributed by atoms with Crippen molar-refractivity contribution in [3.63, 3.8) is 0 Å². The van der Waals surface area contributed by atoms with Gasteiger partial charge in [-0.3, -0.25) is 4.79 Å². The van der Waals surface area contributed by atoms with Crippen molar-refractivity contribution in [3.8, 4) is 0 Å². The SMILES string of the molecule is Cc1cccc(C(=O)NCC2(C)CCC2)c1F. The van der Waals surface area contributed by atoms with E-state index in [2.05, 4.69) is 12.2 Å². The van der Waals surface area contributed by atoms with Crippen LogP contribution in [-0.4, -0.2) is 12.5 Å². The van der Waals surface area contributed by atoms with Crippen LogP contribution in [0.5, 0.6) is 0 Å². The van der Waals surface area contributed by atoms with E-state index in [1.165, 1.54) is 12.5 Å². The van der Waals surface area contributed by atoms with Crippen molar-refractivity contribution < 1.29 is 9.18 Å². The van der Waals surface area contributed by atoms with Crippen LogP contribution in [0.2, 0.25) is 0 Å². The van der Waals surface area contributed by atoms with Gasteiger partial charge in [-0.05, 0) is 36.8 Å². The second-order valence-electron chi connectivity index (χ2n) is 5.28. The molecule has 0 aromatic heterocycles. The van der Waals surface area contributed by atoms with Crippen LogP contribution in [0.4, 0.5) is 4.39 Å². The molecule has 2 rings (SSSR count). The van der Waals surface area contributed by atoms with Gasteiger partial charge in [-0.1, -0.05) is 25.5 Å². The number of hydrogen-bond donors (Lipinski definition) is 1. The molecule has 1 fully saturated rings. The number of halogens is 1. The second-order valence-corrected chi connectivity index (χ2v) is 5.28. The number of aryl methyl sites for hydroxylation is 1. The third-order valence-electron chi connectivity index (χ3n) is 3.67. The average molecular weight is 235 g/mol. The number of rotatable bonds is 3. The minimum atomic E-state index is -0.413. The third-order valence-corrected chi connectivity index (χ3v) is 3.67. The molecule has 0 heterocycles. The summed E-state index contributed by atoms with van der Waals surface area (Å²) in [6, 6.07) is 4.90. The topological polar surface area (TPSA) is 29.1 Å². The van der Waals surface area contributed by atoms with Gasteiger partial charge in [0, 0.05) is 6.54 Å². The van der Waals surface area contributed by atoms with Crippen LogP contribution >= 0.6 is 0 Å². The maximum Gasteiger partial charge on any atom is 0.254 e. The molecule has 1 aromatic rings. The molecule has 0 radical (unpaired) electrons. The Bertz CT molecular complexity index is 438. The zero-order valence-electron chi connectivity index (χ0n) is 10.3. The van der Waals surface area contributed by atoms with Gasteiger partial charge in [0.15, 0.2) is 0 Å². The standard InChI is InChI=1S/C14H18FNO/c1-10-5-3-6-11(12(10)15)13(17)16-9-14(2)7-4-8-14/h3,5-6H,4,7-9H2,1-2H3,(H,16,17). The summed E-state index contributed by atoms with van der Waals surface area (Å²) in [6.45, 7) is 4.46. The number of benzene rings is 1. The van der Waals surface area contributed by atoms with E-state index in [0.29, 0.717) is 12.1 Å². The molecule has 0 atom stereocenters. The third kappa shape index (κ3) is 2.48. The molecular weight excluding hydrogens is 217 g/mol. The number of amides is 1. The molecule has 1 aliphatic rings. The van der Waals surface area contributed by atoms with Crippen LogP contribution in [0.3, 0.4) is 0 Å². The summed E-state index contributed by atoms with van der Waals surface area (Å²) in [5, 5.41) is 2.83. The van der Waals surface area contributed by atoms with Gasteiger partial charge in [-0.25, -0.2) is 4.39 Å². The Kier molecular flexibility index (Phi) is 3.18. The van der Waals surface area contributed by atoms with Gasteiger partial charge in [0.05, 0.1) is 5.56 Å². The minimum Gasteiger partial charge on any atom is -0.351 e. The molecule has 0 aliphatic heterocycles. The molecule has 1 aliphatic carbocycles. The van der Waals surface area contributed by atoms with Crippen molar-refractivity contribution in [3.05, 3.63) is 35.1 Å². The summed E-state index contributed by atoms with van der Waals surface area (Å²) in [5.41, 5.74) is 0.871. The van der Waals surface area contributed by atoms with E-state index in [9.17, 15) is 9.18 Å². The minimum absolute atomic E-state index is 0.146. The quantitative estimate of drug-likeness (QED) is 0.857. The summed E-state index contributed by atoms with van der Waals surface area (Å²) in [4.78, 5) is 11.9. The van der Waals surface area contributed by atoms with Crippen LogP contribution in [0, 0.1) is 18.2 Å². The largest absolute Gasteiger partial charge is 0.351 e. The molecule has 1 aromatic carbocycles. The van der Waals surface area contributed by atoms with Crippen molar-refractivity contribution in [2.45, 2.75) is 33.1 Å². The molecule has 92 valence electrons. The fourth-order valence-corrected chi connectivity index (χ4v) is 2.17. The van der Waals surface area contributed by atoms with Crippen molar-refractivity contribution >= 4 is 5.91 Å². The highest BCUT2D eigenvalue weighted by Gasteiger charge is 2.32. The van der Waals surface area contributed by atoms with Crippen LogP contribution < -0.4 is 5.32 Å². The summed E-state index contributed by atoms with van der Waals surface area (Å²) < 4.78 is 13.7. The van der Waals surface area contributed by atoms with E-state index < -0.39 is 5.82 Å². The summed E-state index contributed by atoms with van der Waals surface area (Å²) in [5.74, 6) is -0.719. The lowest BCUT2D eigenvalue weighted by molar-refractivity contribution is 0.0886. The fourth-order valence-electron chi connectivity index (χ4n) is 2.17. The Labute approximate surface area is 101 Å². The van der Waals surface area contributed by atoms with Gasteiger partial charge in [0.1, 0.15) is 5.82 Å². The van der Waals surface area contributed by atoms with Gasteiger partial charge in [-0.15, -0.1) is 0 Å². The molecule has 0 bridgehead atoms. The van der Waals surface area contributed by atoms with Gasteiger partial charge in [0.25, 0.3) is 5.91 Å². The maximum atomic E-state index is 13.7. The van der Waals surface area contributed by atoms with Crippen LogP contribution in [0.1, 0.15) is 42.1 Å². The first kappa shape index (κ1) is 12.1. The van der Waals surface area contributed by atoms with E-state index in [1.807, 2.05) is 0 Å². The Morgan fingerprint density at radius 2 is 2.18 bits per heavy atom. The predicted molar refractivity (Wildman–Crippen MR) is 65.4 cm³/mol. The lowest BCUT2D eigenvalue weighted by Crippen LogP contribution is -2.40. The average Bonchev–Trinajstić information content (AvgIpc) is 2.27. The number of nitrogens with one attached hydrogen (secondary N) is 1. The molecule has 1 saturated carbocycles. The van der Waals surface area contributed by atoms with E-state index in [0.717, 1.165) is 12.8 Å². The Hall–Kier alpha value is -1.38. The normalized spacial score (nSPS) is 17.4. The molecule has 0 unspecified atom stereocenters. The Morgan fingerprint density at radius 3 is 2.76 bits per heavy atom. The fraction of sp³-hybridized carbons (Fsp3) is 0.500. The predicted octanol–water partition coefficient (Wildman–Crippen LogP) is 3.05. The van der Waals surface area contributed by atoms with Crippen molar-refractivity contribution in [2.24, 2.45) is 5.41 Å². The molecule has 3 heteroatoms. The molecule has 1 N–H and O–H groups in total. The first-order valence-corrected chi connectivity index (χ1v) is 6.05. The summed E-state index contributed by atoms with van der Waals surface area (Å²) in [7, 11) is 0. The molecule has 0 saturated heterocycles. The van der Waals surface area contributed by atoms with Gasteiger partial charge in [0.2, 0.25) is 0 Å². The highest BCUT2D eigenvalue weighted by molar-refractivity contribution is 5.94. The monoisotopic (exact) mass is 235 g/mol. The first-order chi connectivity index (χ1) is 8.02. The zero-order chi connectivity index (χ0) is 12.5. The van der Waals surface area contributed by atoms with Crippen LogP contribution in [-0.2, 0) is 0 Å². The first-order valence-electron chi connectivity index (χ1n) is 6.05. The van der Waals surface area contributed by atoms with Gasteiger partial charge < -0.3 is 5.32 Å². The van der Waals surface area contributed by atoms with Gasteiger partial charge >= 0.3 is 0 Å². The lowest BCUT2D eigenvalue weighted by atomic mass is 9.70. The van der Waals surface area contributed by atoms with Crippen LogP contribution in [0.25, 0.3) is 0 Å². The second kappa shape index (κ2) is 4.47. The number of hydrogen-bond acceptors (Lipinski definition) is 1. The Balaban J connectivity index is 2.02.